The van der Waals surface area contributed by atoms with E-state index in [-0.39, 0.29) is 0 Å². The molecule has 0 saturated carbocycles. The molecule has 5 heteroatoms. The Hall–Kier alpha value is -1.54. The zero-order valence-electron chi connectivity index (χ0n) is 16.9. The molecule has 0 amide bonds. The molecule has 0 heterocycles. The first-order valence-electron chi connectivity index (χ1n) is 9.33. The Bertz CT molecular complexity index is 968. The van der Waals surface area contributed by atoms with Crippen LogP contribution in [0.25, 0.3) is 0 Å². The summed E-state index contributed by atoms with van der Waals surface area (Å²) in [4.78, 5) is 9.50. The van der Waals surface area contributed by atoms with Gasteiger partial charge in [0, 0.05) is 0 Å². The number of aliphatic imine (C=N–C) groups is 2. The second kappa shape index (κ2) is 9.98. The van der Waals surface area contributed by atoms with E-state index in [1.807, 2.05) is 42.8 Å². The summed E-state index contributed by atoms with van der Waals surface area (Å²) >= 11 is -2.83. The molecule has 0 aromatic heterocycles. The molecular formula is C24H23BiCl2N2. The monoisotopic (exact) mass is 618 g/mol. The van der Waals surface area contributed by atoms with E-state index in [1.54, 1.807) is 0 Å². The van der Waals surface area contributed by atoms with Gasteiger partial charge >= 0.3 is 189 Å². The number of halogens is 2. The zero-order valence-corrected chi connectivity index (χ0v) is 21.9. The molecule has 0 bridgehead atoms. The van der Waals surface area contributed by atoms with E-state index in [9.17, 15) is 0 Å². The van der Waals surface area contributed by atoms with Crippen molar-refractivity contribution in [2.24, 2.45) is 9.98 Å². The van der Waals surface area contributed by atoms with Crippen LogP contribution in [0.5, 0.6) is 0 Å². The number of hydrogen-bond donors (Lipinski definition) is 0. The molecule has 0 atom stereocenters. The van der Waals surface area contributed by atoms with Gasteiger partial charge in [0.1, 0.15) is 0 Å². The van der Waals surface area contributed by atoms with Gasteiger partial charge in [-0.25, -0.2) is 0 Å². The summed E-state index contributed by atoms with van der Waals surface area (Å²) in [6.07, 6.45) is 3.77. The second-order valence-corrected chi connectivity index (χ2v) is 18.0. The van der Waals surface area contributed by atoms with Crippen LogP contribution in [-0.2, 0) is 0 Å². The Balaban J connectivity index is 2.03. The molecular weight excluding hydrogens is 596 g/mol. The maximum atomic E-state index is 6.55. The molecule has 0 aliphatic carbocycles. The number of rotatable bonds is 5. The number of benzene rings is 3. The molecule has 0 N–H and O–H groups in total. The first-order chi connectivity index (χ1) is 13.9. The predicted octanol–water partition coefficient (Wildman–Crippen LogP) is 6.59. The summed E-state index contributed by atoms with van der Waals surface area (Å²) in [5.41, 5.74) is 8.50. The van der Waals surface area contributed by atoms with Crippen LogP contribution in [0.1, 0.15) is 33.4 Å². The van der Waals surface area contributed by atoms with Crippen LogP contribution >= 0.6 is 17.0 Å². The first-order valence-corrected chi connectivity index (χ1v) is 19.6. The predicted molar refractivity (Wildman–Crippen MR) is 130 cm³/mol. The molecule has 3 rings (SSSR count). The van der Waals surface area contributed by atoms with Crippen molar-refractivity contribution >= 4 is 63.5 Å². The van der Waals surface area contributed by atoms with Gasteiger partial charge in [-0.2, -0.15) is 0 Å². The average molecular weight is 619 g/mol. The Morgan fingerprint density at radius 3 is 1.31 bits per heavy atom. The Morgan fingerprint density at radius 2 is 0.966 bits per heavy atom. The summed E-state index contributed by atoms with van der Waals surface area (Å²) in [5.74, 6) is 0. The third-order valence-corrected chi connectivity index (χ3v) is 11.1. The fourth-order valence-corrected chi connectivity index (χ4v) is 9.24. The van der Waals surface area contributed by atoms with Crippen molar-refractivity contribution < 1.29 is 0 Å². The molecule has 0 aliphatic heterocycles. The molecule has 3 aromatic carbocycles. The van der Waals surface area contributed by atoms with E-state index in [2.05, 4.69) is 52.0 Å². The molecule has 3 aromatic rings. The Morgan fingerprint density at radius 1 is 0.621 bits per heavy atom. The van der Waals surface area contributed by atoms with Crippen molar-refractivity contribution in [3.05, 3.63) is 88.0 Å². The van der Waals surface area contributed by atoms with Gasteiger partial charge in [0.2, 0.25) is 0 Å². The van der Waals surface area contributed by atoms with Crippen molar-refractivity contribution in [3.8, 4) is 0 Å². The maximum absolute atomic E-state index is 6.55. The number of para-hydroxylation sites is 2. The topological polar surface area (TPSA) is 24.7 Å². The minimum absolute atomic E-state index is 0.973. The first kappa shape index (κ1) is 22.2. The van der Waals surface area contributed by atoms with Crippen LogP contribution in [0.3, 0.4) is 0 Å². The van der Waals surface area contributed by atoms with Gasteiger partial charge in [-0.05, 0) is 0 Å². The Kier molecular flexibility index (Phi) is 7.62. The molecule has 0 radical (unpaired) electrons. The van der Waals surface area contributed by atoms with E-state index in [0.29, 0.717) is 0 Å². The molecule has 0 fully saturated rings. The minimum atomic E-state index is -2.83. The van der Waals surface area contributed by atoms with Gasteiger partial charge < -0.3 is 0 Å². The molecule has 29 heavy (non-hydrogen) atoms. The summed E-state index contributed by atoms with van der Waals surface area (Å²) in [6.45, 7) is 8.27. The van der Waals surface area contributed by atoms with Crippen molar-refractivity contribution in [1.82, 2.24) is 0 Å². The van der Waals surface area contributed by atoms with Crippen LogP contribution < -0.4 is 3.27 Å². The SMILES string of the molecule is Cc1cccc(C)c1N=Cc1cccc(C=Nc2c(C)cccc2C)[c]1[Bi]([Cl])[Cl]. The van der Waals surface area contributed by atoms with E-state index in [0.717, 1.165) is 48.0 Å². The van der Waals surface area contributed by atoms with Crippen LogP contribution in [0.15, 0.2) is 64.6 Å². The third kappa shape index (κ3) is 5.34. The number of aryl methyl sites for hydroxylation is 4. The van der Waals surface area contributed by atoms with Gasteiger partial charge in [-0.3, -0.25) is 0 Å². The molecule has 0 saturated heterocycles. The summed E-state index contributed by atoms with van der Waals surface area (Å²) in [5, 5.41) is 0. The van der Waals surface area contributed by atoms with Gasteiger partial charge in [0.15, 0.2) is 0 Å². The second-order valence-electron chi connectivity index (χ2n) is 7.02. The molecule has 0 aliphatic rings. The van der Waals surface area contributed by atoms with Gasteiger partial charge in [0.05, 0.1) is 0 Å². The standard InChI is InChI=1S/C24H23N2.Bi.2ClH/c1-17-8-5-9-18(2)23(17)25-15-21-12-7-13-22(14-21)16-26-24-19(3)10-6-11-20(24)4;;;/h5-13,15-16H,1-4H3;;2*1H/q;+2;;/p-2. The molecule has 148 valence electrons. The van der Waals surface area contributed by atoms with Crippen molar-refractivity contribution in [3.63, 3.8) is 0 Å². The van der Waals surface area contributed by atoms with Crippen LogP contribution in [0, 0.1) is 27.7 Å². The van der Waals surface area contributed by atoms with Crippen LogP contribution in [0.2, 0.25) is 0 Å². The number of nitrogens with zero attached hydrogens (tertiary/aromatic N) is 2. The van der Waals surface area contributed by atoms with E-state index in [1.165, 1.54) is 0 Å². The summed E-state index contributed by atoms with van der Waals surface area (Å²) in [7, 11) is 13.1. The fraction of sp³-hybridized carbons (Fsp3) is 0.167. The van der Waals surface area contributed by atoms with Gasteiger partial charge in [0.25, 0.3) is 0 Å². The van der Waals surface area contributed by atoms with Crippen molar-refractivity contribution in [1.29, 1.82) is 0 Å². The normalized spacial score (nSPS) is 11.8. The van der Waals surface area contributed by atoms with Crippen LogP contribution in [-0.4, -0.2) is 31.8 Å². The fourth-order valence-electron chi connectivity index (χ4n) is 3.27. The molecule has 2 nitrogen and oxygen atoms in total. The third-order valence-electron chi connectivity index (χ3n) is 4.81. The van der Waals surface area contributed by atoms with E-state index >= 15 is 0 Å². The molecule has 0 spiro atoms. The average Bonchev–Trinajstić information content (AvgIpc) is 2.67. The van der Waals surface area contributed by atoms with Gasteiger partial charge in [-0.15, -0.1) is 0 Å². The zero-order chi connectivity index (χ0) is 21.0. The van der Waals surface area contributed by atoms with E-state index in [4.69, 9.17) is 27.0 Å². The van der Waals surface area contributed by atoms with Crippen LogP contribution in [0.4, 0.5) is 11.4 Å². The van der Waals surface area contributed by atoms with Gasteiger partial charge in [-0.1, -0.05) is 0 Å². The molecule has 0 unspecified atom stereocenters. The van der Waals surface area contributed by atoms with Crippen molar-refractivity contribution in [2.45, 2.75) is 27.7 Å². The summed E-state index contributed by atoms with van der Waals surface area (Å²) < 4.78 is 1.01. The van der Waals surface area contributed by atoms with Crippen molar-refractivity contribution in [2.75, 3.05) is 0 Å². The number of hydrogen-bond acceptors (Lipinski definition) is 2. The van der Waals surface area contributed by atoms with E-state index < -0.39 is 19.4 Å². The summed E-state index contributed by atoms with van der Waals surface area (Å²) in [6, 6.07) is 18.4. The quantitative estimate of drug-likeness (QED) is 0.228. The Labute approximate surface area is 188 Å².